The quantitative estimate of drug-likeness (QED) is 0.714. The van der Waals surface area contributed by atoms with Gasteiger partial charge in [0.2, 0.25) is 0 Å². The second kappa shape index (κ2) is 4.91. The minimum atomic E-state index is -0.494. The van der Waals surface area contributed by atoms with Crippen LogP contribution in [0.5, 0.6) is 5.75 Å². The molecule has 15 heavy (non-hydrogen) atoms. The third-order valence-electron chi connectivity index (χ3n) is 2.50. The first kappa shape index (κ1) is 11.7. The molecule has 0 aliphatic heterocycles. The van der Waals surface area contributed by atoms with Crippen LogP contribution in [0.4, 0.5) is 4.39 Å². The largest absolute Gasteiger partial charge is 0.494 e. The molecule has 0 spiro atoms. The van der Waals surface area contributed by atoms with Crippen molar-refractivity contribution in [3.63, 3.8) is 0 Å². The fourth-order valence-electron chi connectivity index (χ4n) is 1.29. The van der Waals surface area contributed by atoms with Crippen molar-refractivity contribution in [3.05, 3.63) is 29.6 Å². The first-order valence-electron chi connectivity index (χ1n) is 4.97. The Bertz CT molecular complexity index is 361. The van der Waals surface area contributed by atoms with E-state index in [-0.39, 0.29) is 17.5 Å². The Morgan fingerprint density at radius 2 is 2.20 bits per heavy atom. The van der Waals surface area contributed by atoms with Crippen molar-refractivity contribution >= 4 is 5.78 Å². The molecule has 1 aromatic carbocycles. The molecule has 0 aliphatic carbocycles. The third kappa shape index (κ3) is 2.55. The summed E-state index contributed by atoms with van der Waals surface area (Å²) in [7, 11) is 1.40. The SMILES string of the molecule is CC[C@@H](C)C(=O)c1ccc(OC)c(F)c1. The number of hydrogen-bond donors (Lipinski definition) is 0. The van der Waals surface area contributed by atoms with Crippen LogP contribution in [-0.2, 0) is 0 Å². The van der Waals surface area contributed by atoms with Gasteiger partial charge in [-0.25, -0.2) is 4.39 Å². The number of ether oxygens (including phenoxy) is 1. The van der Waals surface area contributed by atoms with Crippen LogP contribution < -0.4 is 4.74 Å². The zero-order chi connectivity index (χ0) is 11.4. The molecule has 0 heterocycles. The lowest BCUT2D eigenvalue weighted by Gasteiger charge is -2.08. The standard InChI is InChI=1S/C12H15FO2/c1-4-8(2)12(14)9-5-6-11(15-3)10(13)7-9/h5-8H,4H2,1-3H3/t8-/m1/s1. The molecule has 82 valence electrons. The summed E-state index contributed by atoms with van der Waals surface area (Å²) in [6.45, 7) is 3.77. The molecule has 0 fully saturated rings. The van der Waals surface area contributed by atoms with Gasteiger partial charge in [-0.2, -0.15) is 0 Å². The van der Waals surface area contributed by atoms with Gasteiger partial charge in [0.25, 0.3) is 0 Å². The van der Waals surface area contributed by atoms with Crippen LogP contribution in [0.15, 0.2) is 18.2 Å². The van der Waals surface area contributed by atoms with E-state index in [1.165, 1.54) is 19.2 Å². The number of Topliss-reactive ketones (excluding diaryl/α,β-unsaturated/α-hetero) is 1. The topological polar surface area (TPSA) is 26.3 Å². The van der Waals surface area contributed by atoms with Gasteiger partial charge in [0, 0.05) is 11.5 Å². The molecule has 0 radical (unpaired) electrons. The van der Waals surface area contributed by atoms with E-state index in [1.807, 2.05) is 13.8 Å². The van der Waals surface area contributed by atoms with Crippen molar-refractivity contribution in [1.29, 1.82) is 0 Å². The van der Waals surface area contributed by atoms with Crippen LogP contribution in [0.3, 0.4) is 0 Å². The highest BCUT2D eigenvalue weighted by atomic mass is 19.1. The van der Waals surface area contributed by atoms with Crippen molar-refractivity contribution in [2.24, 2.45) is 5.92 Å². The molecule has 1 aromatic rings. The summed E-state index contributed by atoms with van der Waals surface area (Å²) in [5.41, 5.74) is 0.405. The summed E-state index contributed by atoms with van der Waals surface area (Å²) in [4.78, 5) is 11.7. The second-order valence-electron chi connectivity index (χ2n) is 3.52. The van der Waals surface area contributed by atoms with Crippen molar-refractivity contribution in [1.82, 2.24) is 0 Å². The number of hydrogen-bond acceptors (Lipinski definition) is 2. The Balaban J connectivity index is 2.97. The van der Waals surface area contributed by atoms with E-state index >= 15 is 0 Å². The fourth-order valence-corrected chi connectivity index (χ4v) is 1.29. The van der Waals surface area contributed by atoms with Gasteiger partial charge in [-0.05, 0) is 24.6 Å². The number of benzene rings is 1. The molecule has 0 saturated heterocycles. The average Bonchev–Trinajstić information content (AvgIpc) is 2.26. The normalized spacial score (nSPS) is 12.3. The predicted molar refractivity (Wildman–Crippen MR) is 56.7 cm³/mol. The smallest absolute Gasteiger partial charge is 0.165 e. The van der Waals surface area contributed by atoms with E-state index < -0.39 is 5.82 Å². The molecule has 1 atom stereocenters. The fraction of sp³-hybridized carbons (Fsp3) is 0.417. The lowest BCUT2D eigenvalue weighted by atomic mass is 9.97. The van der Waals surface area contributed by atoms with Crippen LogP contribution in [-0.4, -0.2) is 12.9 Å². The number of carbonyl (C=O) groups excluding carboxylic acids is 1. The van der Waals surface area contributed by atoms with Crippen molar-refractivity contribution in [2.75, 3.05) is 7.11 Å². The van der Waals surface area contributed by atoms with Crippen LogP contribution in [0.1, 0.15) is 30.6 Å². The Morgan fingerprint density at radius 3 is 2.67 bits per heavy atom. The molecule has 0 N–H and O–H groups in total. The van der Waals surface area contributed by atoms with Crippen molar-refractivity contribution < 1.29 is 13.9 Å². The predicted octanol–water partition coefficient (Wildman–Crippen LogP) is 3.06. The molecule has 0 saturated carbocycles. The zero-order valence-corrected chi connectivity index (χ0v) is 9.21. The monoisotopic (exact) mass is 210 g/mol. The molecular weight excluding hydrogens is 195 g/mol. The Hall–Kier alpha value is -1.38. The lowest BCUT2D eigenvalue weighted by Crippen LogP contribution is -2.10. The molecule has 0 aromatic heterocycles. The Kier molecular flexibility index (Phi) is 3.83. The summed E-state index contributed by atoms with van der Waals surface area (Å²) < 4.78 is 18.1. The van der Waals surface area contributed by atoms with Crippen LogP contribution in [0, 0.1) is 11.7 Å². The highest BCUT2D eigenvalue weighted by Crippen LogP contribution is 2.20. The summed E-state index contributed by atoms with van der Waals surface area (Å²) in [5, 5.41) is 0. The summed E-state index contributed by atoms with van der Waals surface area (Å²) in [6.07, 6.45) is 0.756. The van der Waals surface area contributed by atoms with Gasteiger partial charge in [0.15, 0.2) is 17.3 Å². The van der Waals surface area contributed by atoms with E-state index in [4.69, 9.17) is 4.74 Å². The number of rotatable bonds is 4. The van der Waals surface area contributed by atoms with Crippen LogP contribution in [0.25, 0.3) is 0 Å². The van der Waals surface area contributed by atoms with Gasteiger partial charge in [0.05, 0.1) is 7.11 Å². The maximum atomic E-state index is 13.3. The molecular formula is C12H15FO2. The zero-order valence-electron chi connectivity index (χ0n) is 9.21. The van der Waals surface area contributed by atoms with E-state index in [0.717, 1.165) is 6.42 Å². The summed E-state index contributed by atoms with van der Waals surface area (Å²) in [6, 6.07) is 4.30. The number of halogens is 1. The van der Waals surface area contributed by atoms with E-state index in [1.54, 1.807) is 6.07 Å². The first-order chi connectivity index (χ1) is 7.10. The van der Waals surface area contributed by atoms with Crippen molar-refractivity contribution in [3.8, 4) is 5.75 Å². The maximum absolute atomic E-state index is 13.3. The highest BCUT2D eigenvalue weighted by Gasteiger charge is 2.15. The molecule has 3 heteroatoms. The van der Waals surface area contributed by atoms with Crippen molar-refractivity contribution in [2.45, 2.75) is 20.3 Å². The first-order valence-corrected chi connectivity index (χ1v) is 4.97. The van der Waals surface area contributed by atoms with E-state index in [9.17, 15) is 9.18 Å². The van der Waals surface area contributed by atoms with Gasteiger partial charge in [-0.3, -0.25) is 4.79 Å². The second-order valence-corrected chi connectivity index (χ2v) is 3.52. The van der Waals surface area contributed by atoms with Gasteiger partial charge in [0.1, 0.15) is 0 Å². The summed E-state index contributed by atoms with van der Waals surface area (Å²) >= 11 is 0. The molecule has 0 amide bonds. The molecule has 0 aliphatic rings. The summed E-state index contributed by atoms with van der Waals surface area (Å²) in [5.74, 6) is -0.431. The van der Waals surface area contributed by atoms with Crippen LogP contribution >= 0.6 is 0 Å². The number of ketones is 1. The van der Waals surface area contributed by atoms with Gasteiger partial charge in [-0.15, -0.1) is 0 Å². The third-order valence-corrected chi connectivity index (χ3v) is 2.50. The minimum Gasteiger partial charge on any atom is -0.494 e. The van der Waals surface area contributed by atoms with Gasteiger partial charge >= 0.3 is 0 Å². The number of methoxy groups -OCH3 is 1. The number of carbonyl (C=O) groups is 1. The van der Waals surface area contributed by atoms with E-state index in [0.29, 0.717) is 5.56 Å². The minimum absolute atomic E-state index is 0.0287. The van der Waals surface area contributed by atoms with Gasteiger partial charge < -0.3 is 4.74 Å². The highest BCUT2D eigenvalue weighted by molar-refractivity contribution is 5.97. The van der Waals surface area contributed by atoms with E-state index in [2.05, 4.69) is 0 Å². The average molecular weight is 210 g/mol. The van der Waals surface area contributed by atoms with Gasteiger partial charge in [-0.1, -0.05) is 13.8 Å². The maximum Gasteiger partial charge on any atom is 0.165 e. The molecule has 2 nitrogen and oxygen atoms in total. The lowest BCUT2D eigenvalue weighted by molar-refractivity contribution is 0.0926. The molecule has 0 bridgehead atoms. The molecule has 1 rings (SSSR count). The molecule has 0 unspecified atom stereocenters. The Labute approximate surface area is 89.1 Å². The Morgan fingerprint density at radius 1 is 1.53 bits per heavy atom. The van der Waals surface area contributed by atoms with Crippen LogP contribution in [0.2, 0.25) is 0 Å².